The van der Waals surface area contributed by atoms with Crippen LogP contribution in [-0.4, -0.2) is 16.8 Å². The van der Waals surface area contributed by atoms with Gasteiger partial charge in [-0.2, -0.15) is 0 Å². The molecule has 0 aromatic heterocycles. The Morgan fingerprint density at radius 2 is 1.83 bits per heavy atom. The molecule has 1 aliphatic heterocycles. The molecule has 0 fully saturated rings. The van der Waals surface area contributed by atoms with Crippen molar-refractivity contribution in [3.8, 4) is 11.5 Å². The first-order valence-corrected chi connectivity index (χ1v) is 7.94. The number of benzene rings is 2. The normalized spacial score (nSPS) is 16.0. The average molecular weight is 469 g/mol. The summed E-state index contributed by atoms with van der Waals surface area (Å²) in [5.74, 6) is -0.106. The molecule has 3 rings (SSSR count). The maximum absolute atomic E-state index is 9.74. The van der Waals surface area contributed by atoms with Crippen LogP contribution in [0.5, 0.6) is 11.5 Å². The third-order valence-electron chi connectivity index (χ3n) is 3.90. The zero-order valence-electron chi connectivity index (χ0n) is 12.3. The van der Waals surface area contributed by atoms with Gasteiger partial charge in [0.15, 0.2) is 11.5 Å². The summed E-state index contributed by atoms with van der Waals surface area (Å²) in [6.45, 7) is 0.869. The van der Waals surface area contributed by atoms with E-state index in [1.165, 1.54) is 5.56 Å². The van der Waals surface area contributed by atoms with Gasteiger partial charge in [0.25, 0.3) is 0 Å². The lowest BCUT2D eigenvalue weighted by molar-refractivity contribution is 0.398. The van der Waals surface area contributed by atoms with Crippen LogP contribution in [0.25, 0.3) is 0 Å². The van der Waals surface area contributed by atoms with Gasteiger partial charge < -0.3 is 21.3 Å². The van der Waals surface area contributed by atoms with Crippen LogP contribution in [0.2, 0.25) is 0 Å². The number of hydrogen-bond donors (Lipinski definition) is 4. The van der Waals surface area contributed by atoms with Gasteiger partial charge >= 0.3 is 0 Å². The van der Waals surface area contributed by atoms with Crippen LogP contribution < -0.4 is 11.1 Å². The molecule has 0 aliphatic carbocycles. The molecule has 5 N–H and O–H groups in total. The van der Waals surface area contributed by atoms with Crippen LogP contribution in [0, 0.1) is 3.57 Å². The Morgan fingerprint density at radius 1 is 1.13 bits per heavy atom. The molecule has 2 aromatic carbocycles. The van der Waals surface area contributed by atoms with Crippen molar-refractivity contribution in [3.05, 3.63) is 50.6 Å². The third kappa shape index (κ3) is 4.35. The van der Waals surface area contributed by atoms with Gasteiger partial charge in [-0.25, -0.2) is 0 Å². The second-order valence-corrected chi connectivity index (χ2v) is 6.52. The summed E-state index contributed by atoms with van der Waals surface area (Å²) in [4.78, 5) is 0. The Balaban J connectivity index is 0.00000132. The Morgan fingerprint density at radius 3 is 2.52 bits per heavy atom. The summed E-state index contributed by atoms with van der Waals surface area (Å²) in [6.07, 6.45) is 1.69. The van der Waals surface area contributed by atoms with Crippen molar-refractivity contribution in [1.29, 1.82) is 0 Å². The monoisotopic (exact) mass is 468 g/mol. The van der Waals surface area contributed by atoms with E-state index in [9.17, 15) is 10.2 Å². The highest BCUT2D eigenvalue weighted by atomic mass is 127. The maximum atomic E-state index is 9.74. The summed E-state index contributed by atoms with van der Waals surface area (Å²) in [6, 6.07) is 9.53. The lowest BCUT2D eigenvalue weighted by Crippen LogP contribution is -2.31. The van der Waals surface area contributed by atoms with Gasteiger partial charge in [-0.05, 0) is 82.9 Å². The summed E-state index contributed by atoms with van der Waals surface area (Å²) >= 11 is 2.24. The first kappa shape index (κ1) is 20.2. The molecule has 1 unspecified atom stereocenters. The van der Waals surface area contributed by atoms with E-state index >= 15 is 0 Å². The molecule has 0 bridgehead atoms. The van der Waals surface area contributed by atoms with E-state index in [0.29, 0.717) is 0 Å². The van der Waals surface area contributed by atoms with Gasteiger partial charge in [0.1, 0.15) is 0 Å². The fourth-order valence-electron chi connectivity index (χ4n) is 2.78. The number of aromatic hydroxyl groups is 2. The van der Waals surface area contributed by atoms with Gasteiger partial charge in [0, 0.05) is 15.3 Å². The quantitative estimate of drug-likeness (QED) is 0.308. The summed E-state index contributed by atoms with van der Waals surface area (Å²) in [7, 11) is 0. The number of fused-ring (bicyclic) bond motifs is 1. The molecule has 0 radical (unpaired) electrons. The van der Waals surface area contributed by atoms with Crippen molar-refractivity contribution in [2.45, 2.75) is 18.9 Å². The smallest absolute Gasteiger partial charge is 0.157 e. The predicted octanol–water partition coefficient (Wildman–Crippen LogP) is 3.56. The molecule has 0 spiro atoms. The minimum atomic E-state index is -0.0608. The van der Waals surface area contributed by atoms with Gasteiger partial charge in [-0.15, -0.1) is 24.8 Å². The molecular formula is C16H19Cl2IN2O2. The first-order valence-electron chi connectivity index (χ1n) is 6.86. The fraction of sp³-hybridized carbons (Fsp3) is 0.250. The maximum Gasteiger partial charge on any atom is 0.157 e. The number of nitrogens with one attached hydrogen (secondary N) is 1. The summed E-state index contributed by atoms with van der Waals surface area (Å²) in [5.41, 5.74) is 10.00. The van der Waals surface area contributed by atoms with E-state index < -0.39 is 0 Å². The largest absolute Gasteiger partial charge is 0.504 e. The van der Waals surface area contributed by atoms with E-state index in [0.717, 1.165) is 39.8 Å². The number of nitrogen functional groups attached to an aromatic ring is 1. The Bertz CT molecular complexity index is 698. The summed E-state index contributed by atoms with van der Waals surface area (Å²) in [5, 5.41) is 22.9. The van der Waals surface area contributed by atoms with Crippen LogP contribution in [0.15, 0.2) is 30.3 Å². The predicted molar refractivity (Wildman–Crippen MR) is 106 cm³/mol. The van der Waals surface area contributed by atoms with Crippen LogP contribution in [0.3, 0.4) is 0 Å². The van der Waals surface area contributed by atoms with E-state index in [2.05, 4.69) is 34.0 Å². The van der Waals surface area contributed by atoms with E-state index in [-0.39, 0.29) is 42.4 Å². The first-order chi connectivity index (χ1) is 10.0. The molecule has 1 aliphatic rings. The molecule has 0 amide bonds. The summed E-state index contributed by atoms with van der Waals surface area (Å²) < 4.78 is 1.05. The fourth-order valence-corrected chi connectivity index (χ4v) is 3.36. The number of rotatable bonds is 2. The van der Waals surface area contributed by atoms with E-state index in [1.807, 2.05) is 12.1 Å². The van der Waals surface area contributed by atoms with Gasteiger partial charge in [-0.1, -0.05) is 6.07 Å². The topological polar surface area (TPSA) is 78.5 Å². The van der Waals surface area contributed by atoms with Crippen molar-refractivity contribution in [2.75, 3.05) is 12.3 Å². The third-order valence-corrected chi connectivity index (χ3v) is 4.84. The second-order valence-electron chi connectivity index (χ2n) is 5.36. The molecule has 4 nitrogen and oxygen atoms in total. The molecule has 1 atom stereocenters. The molecule has 126 valence electrons. The highest BCUT2D eigenvalue weighted by Gasteiger charge is 2.22. The van der Waals surface area contributed by atoms with Gasteiger partial charge in [0.2, 0.25) is 0 Å². The van der Waals surface area contributed by atoms with Crippen molar-refractivity contribution in [2.24, 2.45) is 0 Å². The number of phenols is 2. The number of phenolic OH excluding ortho intramolecular Hbond substituents is 2. The van der Waals surface area contributed by atoms with Crippen LogP contribution in [-0.2, 0) is 12.8 Å². The number of nitrogens with two attached hydrogens (primary N) is 1. The lowest BCUT2D eigenvalue weighted by Gasteiger charge is -2.27. The highest BCUT2D eigenvalue weighted by molar-refractivity contribution is 14.1. The zero-order chi connectivity index (χ0) is 15.0. The number of halogens is 3. The van der Waals surface area contributed by atoms with Crippen molar-refractivity contribution < 1.29 is 10.2 Å². The molecule has 2 aromatic rings. The molecule has 7 heteroatoms. The molecule has 0 saturated heterocycles. The molecule has 1 heterocycles. The standard InChI is InChI=1S/C16H17IN2O2.2ClH/c17-12-5-9(1-2-13(12)18)6-14-11-8-16(21)15(20)7-10(11)3-4-19-14;;/h1-2,5,7-8,14,19-21H,3-4,6,18H2;2*1H. The van der Waals surface area contributed by atoms with E-state index in [4.69, 9.17) is 5.73 Å². The number of hydrogen-bond acceptors (Lipinski definition) is 4. The zero-order valence-corrected chi connectivity index (χ0v) is 16.0. The SMILES string of the molecule is Cl.Cl.Nc1ccc(CC2NCCc3cc(O)c(O)cc32)cc1I. The van der Waals surface area contributed by atoms with Crippen molar-refractivity contribution >= 4 is 53.1 Å². The molecule has 23 heavy (non-hydrogen) atoms. The highest BCUT2D eigenvalue weighted by Crippen LogP contribution is 2.35. The average Bonchev–Trinajstić information content (AvgIpc) is 2.45. The minimum absolute atomic E-state index is 0. The van der Waals surface area contributed by atoms with Gasteiger partial charge in [-0.3, -0.25) is 0 Å². The van der Waals surface area contributed by atoms with Crippen LogP contribution in [0.4, 0.5) is 5.69 Å². The Hall–Kier alpha value is -0.890. The van der Waals surface area contributed by atoms with Gasteiger partial charge in [0.05, 0.1) is 0 Å². The van der Waals surface area contributed by atoms with Crippen molar-refractivity contribution in [3.63, 3.8) is 0 Å². The van der Waals surface area contributed by atoms with E-state index in [1.54, 1.807) is 12.1 Å². The number of anilines is 1. The van der Waals surface area contributed by atoms with Crippen LogP contribution >= 0.6 is 47.4 Å². The Kier molecular flexibility index (Phi) is 7.26. The molecule has 0 saturated carbocycles. The van der Waals surface area contributed by atoms with Crippen LogP contribution in [0.1, 0.15) is 22.7 Å². The minimum Gasteiger partial charge on any atom is -0.504 e. The van der Waals surface area contributed by atoms with Crippen molar-refractivity contribution in [1.82, 2.24) is 5.32 Å². The second kappa shape index (κ2) is 8.28. The molecular weight excluding hydrogens is 450 g/mol. The lowest BCUT2D eigenvalue weighted by atomic mass is 9.90. The Labute approximate surface area is 161 Å².